The Morgan fingerprint density at radius 1 is 0.889 bits per heavy atom. The van der Waals surface area contributed by atoms with E-state index in [2.05, 4.69) is 24.1 Å². The van der Waals surface area contributed by atoms with Crippen LogP contribution in [0.15, 0.2) is 0 Å². The first-order valence-electron chi connectivity index (χ1n) is 6.75. The van der Waals surface area contributed by atoms with Gasteiger partial charge in [-0.15, -0.1) is 5.92 Å². The number of hydrogen-bond donors (Lipinski definition) is 1. The molecule has 0 aromatic carbocycles. The summed E-state index contributed by atoms with van der Waals surface area (Å²) in [5, 5.41) is 3.16. The summed E-state index contributed by atoms with van der Waals surface area (Å²) in [5.74, 6) is 5.76. The summed E-state index contributed by atoms with van der Waals surface area (Å²) in [5.41, 5.74) is 0. The molecule has 0 unspecified atom stereocenters. The Morgan fingerprint density at radius 2 is 1.50 bits per heavy atom. The van der Waals surface area contributed by atoms with Crippen molar-refractivity contribution in [1.29, 1.82) is 0 Å². The number of rotatable bonds is 13. The van der Waals surface area contributed by atoms with Gasteiger partial charge in [-0.2, -0.15) is 0 Å². The van der Waals surface area contributed by atoms with Crippen LogP contribution in [0.5, 0.6) is 0 Å². The average Bonchev–Trinajstić information content (AvgIpc) is 2.39. The van der Waals surface area contributed by atoms with E-state index in [1.807, 2.05) is 6.92 Å². The van der Waals surface area contributed by atoms with Gasteiger partial charge in [-0.3, -0.25) is 0 Å². The molecule has 0 saturated carbocycles. The molecular weight excluding hydrogens is 230 g/mol. The van der Waals surface area contributed by atoms with Crippen LogP contribution >= 0.6 is 0 Å². The number of ether oxygens (including phenoxy) is 3. The zero-order chi connectivity index (χ0) is 13.3. The van der Waals surface area contributed by atoms with Gasteiger partial charge >= 0.3 is 0 Å². The van der Waals surface area contributed by atoms with E-state index in [0.29, 0.717) is 33.0 Å². The lowest BCUT2D eigenvalue weighted by Gasteiger charge is -2.06. The second-order valence-corrected chi connectivity index (χ2v) is 3.79. The van der Waals surface area contributed by atoms with Gasteiger partial charge in [-0.05, 0) is 13.3 Å². The number of unbranched alkanes of at least 4 members (excludes halogenated alkanes) is 1. The van der Waals surface area contributed by atoms with Crippen LogP contribution in [0.2, 0.25) is 0 Å². The molecule has 0 fully saturated rings. The van der Waals surface area contributed by atoms with Crippen molar-refractivity contribution in [1.82, 2.24) is 5.32 Å². The van der Waals surface area contributed by atoms with Crippen molar-refractivity contribution in [2.24, 2.45) is 0 Å². The molecule has 0 aromatic rings. The normalized spacial score (nSPS) is 10.1. The van der Waals surface area contributed by atoms with Gasteiger partial charge in [-0.25, -0.2) is 0 Å². The van der Waals surface area contributed by atoms with Crippen molar-refractivity contribution in [2.75, 3.05) is 52.7 Å². The van der Waals surface area contributed by atoms with Crippen LogP contribution in [0.3, 0.4) is 0 Å². The largest absolute Gasteiger partial charge is 0.379 e. The third kappa shape index (κ3) is 15.4. The molecule has 0 aliphatic carbocycles. The second kappa shape index (κ2) is 16.4. The van der Waals surface area contributed by atoms with Crippen molar-refractivity contribution in [3.05, 3.63) is 0 Å². The first-order chi connectivity index (χ1) is 8.91. The summed E-state index contributed by atoms with van der Waals surface area (Å²) in [7, 11) is 0. The van der Waals surface area contributed by atoms with Gasteiger partial charge < -0.3 is 19.5 Å². The predicted molar refractivity (Wildman–Crippen MR) is 73.7 cm³/mol. The van der Waals surface area contributed by atoms with E-state index in [1.165, 1.54) is 6.42 Å². The average molecular weight is 257 g/mol. The van der Waals surface area contributed by atoms with Crippen molar-refractivity contribution in [2.45, 2.75) is 26.7 Å². The van der Waals surface area contributed by atoms with Crippen molar-refractivity contribution in [3.63, 3.8) is 0 Å². The van der Waals surface area contributed by atoms with Gasteiger partial charge in [0.2, 0.25) is 0 Å². The molecule has 0 spiro atoms. The highest BCUT2D eigenvalue weighted by Crippen LogP contribution is 1.87. The second-order valence-electron chi connectivity index (χ2n) is 3.79. The summed E-state index contributed by atoms with van der Waals surface area (Å²) >= 11 is 0. The molecule has 0 saturated heterocycles. The standard InChI is InChI=1S/C14H27NO3/c1-3-5-7-15-8-10-17-12-14-18-13-11-16-9-6-4-2/h15H,4,6-14H2,1-2H3. The van der Waals surface area contributed by atoms with Gasteiger partial charge in [0, 0.05) is 13.2 Å². The van der Waals surface area contributed by atoms with E-state index >= 15 is 0 Å². The molecule has 0 aliphatic rings. The minimum absolute atomic E-state index is 0.631. The molecule has 0 aliphatic heterocycles. The summed E-state index contributed by atoms with van der Waals surface area (Å²) in [6.45, 7) is 9.67. The maximum atomic E-state index is 5.38. The van der Waals surface area contributed by atoms with Crippen LogP contribution in [0.25, 0.3) is 0 Å². The molecule has 4 nitrogen and oxygen atoms in total. The highest BCUT2D eigenvalue weighted by atomic mass is 16.5. The monoisotopic (exact) mass is 257 g/mol. The molecule has 0 aromatic heterocycles. The van der Waals surface area contributed by atoms with Crippen molar-refractivity contribution in [3.8, 4) is 11.8 Å². The Labute approximate surface area is 111 Å². The molecule has 4 heteroatoms. The molecule has 0 amide bonds. The fraction of sp³-hybridized carbons (Fsp3) is 0.857. The quantitative estimate of drug-likeness (QED) is 0.400. The molecule has 1 N–H and O–H groups in total. The van der Waals surface area contributed by atoms with E-state index in [-0.39, 0.29) is 0 Å². The van der Waals surface area contributed by atoms with Crippen LogP contribution < -0.4 is 5.32 Å². The Hall–Kier alpha value is -0.600. The maximum Gasteiger partial charge on any atom is 0.0701 e. The lowest BCUT2D eigenvalue weighted by Crippen LogP contribution is -2.21. The zero-order valence-corrected chi connectivity index (χ0v) is 11.8. The van der Waals surface area contributed by atoms with Gasteiger partial charge in [-0.1, -0.05) is 19.3 Å². The molecule has 0 bridgehead atoms. The first-order valence-corrected chi connectivity index (χ1v) is 6.75. The summed E-state index contributed by atoms with van der Waals surface area (Å²) in [6, 6.07) is 0. The Kier molecular flexibility index (Phi) is 15.9. The van der Waals surface area contributed by atoms with Crippen LogP contribution in [-0.2, 0) is 14.2 Å². The number of hydrogen-bond acceptors (Lipinski definition) is 4. The highest BCUT2D eigenvalue weighted by Gasteiger charge is 1.91. The van der Waals surface area contributed by atoms with E-state index < -0.39 is 0 Å². The SMILES string of the molecule is CC#CCNCCOCCOCCOCCCC. The lowest BCUT2D eigenvalue weighted by atomic mass is 10.4. The summed E-state index contributed by atoms with van der Waals surface area (Å²) in [4.78, 5) is 0. The smallest absolute Gasteiger partial charge is 0.0701 e. The summed E-state index contributed by atoms with van der Waals surface area (Å²) in [6.07, 6.45) is 2.30. The van der Waals surface area contributed by atoms with Crippen LogP contribution in [-0.4, -0.2) is 52.7 Å². The van der Waals surface area contributed by atoms with E-state index in [0.717, 1.165) is 26.1 Å². The third-order valence-corrected chi connectivity index (χ3v) is 2.20. The minimum atomic E-state index is 0.631. The van der Waals surface area contributed by atoms with Crippen LogP contribution in [0.4, 0.5) is 0 Å². The van der Waals surface area contributed by atoms with Crippen molar-refractivity contribution >= 4 is 0 Å². The fourth-order valence-electron chi connectivity index (χ4n) is 1.17. The Morgan fingerprint density at radius 3 is 2.11 bits per heavy atom. The molecule has 0 atom stereocenters. The van der Waals surface area contributed by atoms with Gasteiger partial charge in [0.25, 0.3) is 0 Å². The fourth-order valence-corrected chi connectivity index (χ4v) is 1.17. The topological polar surface area (TPSA) is 39.7 Å². The Balaban J connectivity index is 2.92. The van der Waals surface area contributed by atoms with E-state index in [1.54, 1.807) is 0 Å². The molecule has 0 rings (SSSR count). The third-order valence-electron chi connectivity index (χ3n) is 2.20. The van der Waals surface area contributed by atoms with Gasteiger partial charge in [0.1, 0.15) is 0 Å². The molecule has 0 radical (unpaired) electrons. The maximum absolute atomic E-state index is 5.38. The summed E-state index contributed by atoms with van der Waals surface area (Å²) < 4.78 is 16.1. The van der Waals surface area contributed by atoms with Crippen LogP contribution in [0.1, 0.15) is 26.7 Å². The lowest BCUT2D eigenvalue weighted by molar-refractivity contribution is 0.0147. The Bertz CT molecular complexity index is 211. The van der Waals surface area contributed by atoms with E-state index in [4.69, 9.17) is 14.2 Å². The van der Waals surface area contributed by atoms with E-state index in [9.17, 15) is 0 Å². The van der Waals surface area contributed by atoms with Gasteiger partial charge in [0.15, 0.2) is 0 Å². The van der Waals surface area contributed by atoms with Crippen LogP contribution in [0, 0.1) is 11.8 Å². The van der Waals surface area contributed by atoms with Crippen molar-refractivity contribution < 1.29 is 14.2 Å². The number of nitrogens with one attached hydrogen (secondary N) is 1. The molecule has 18 heavy (non-hydrogen) atoms. The van der Waals surface area contributed by atoms with Gasteiger partial charge in [0.05, 0.1) is 39.6 Å². The first kappa shape index (κ1) is 17.4. The minimum Gasteiger partial charge on any atom is -0.379 e. The predicted octanol–water partition coefficient (Wildman–Crippen LogP) is 1.45. The zero-order valence-electron chi connectivity index (χ0n) is 11.8. The highest BCUT2D eigenvalue weighted by molar-refractivity contribution is 4.96. The molecule has 106 valence electrons. The molecular formula is C14H27NO3. The molecule has 0 heterocycles.